The summed E-state index contributed by atoms with van der Waals surface area (Å²) in [5.41, 5.74) is 0.0912. The van der Waals surface area contributed by atoms with E-state index in [1.807, 2.05) is 20.8 Å². The molecule has 1 heterocycles. The Balaban J connectivity index is 3.25. The number of rotatable bonds is 4. The normalized spacial score (nSPS) is 12.8. The average molecular weight is 283 g/mol. The molecular formula is C14H19ClN2O2. The third-order valence-corrected chi connectivity index (χ3v) is 2.95. The second-order valence-corrected chi connectivity index (χ2v) is 5.70. The number of aromatic nitrogens is 1. The van der Waals surface area contributed by atoms with Crippen molar-refractivity contribution in [3.63, 3.8) is 0 Å². The zero-order chi connectivity index (χ0) is 14.6. The quantitative estimate of drug-likeness (QED) is 0.845. The fourth-order valence-electron chi connectivity index (χ4n) is 2.01. The van der Waals surface area contributed by atoms with Gasteiger partial charge < -0.3 is 5.11 Å². The predicted octanol–water partition coefficient (Wildman–Crippen LogP) is 4.13. The van der Waals surface area contributed by atoms with Crippen LogP contribution < -0.4 is 0 Å². The molecule has 104 valence electrons. The third kappa shape index (κ3) is 3.96. The van der Waals surface area contributed by atoms with Gasteiger partial charge in [-0.2, -0.15) is 0 Å². The predicted molar refractivity (Wildman–Crippen MR) is 76.4 cm³/mol. The summed E-state index contributed by atoms with van der Waals surface area (Å²) in [6.45, 7) is 9.24. The van der Waals surface area contributed by atoms with E-state index < -0.39 is 17.7 Å². The van der Waals surface area contributed by atoms with Crippen molar-refractivity contribution >= 4 is 17.7 Å². The van der Waals surface area contributed by atoms with E-state index in [0.717, 1.165) is 0 Å². The van der Waals surface area contributed by atoms with Gasteiger partial charge in [-0.3, -0.25) is 9.88 Å². The molecule has 19 heavy (non-hydrogen) atoms. The molecule has 1 N–H and O–H groups in total. The lowest BCUT2D eigenvalue weighted by Crippen LogP contribution is -2.47. The van der Waals surface area contributed by atoms with Crippen molar-refractivity contribution in [1.29, 1.82) is 0 Å². The van der Waals surface area contributed by atoms with Crippen molar-refractivity contribution in [1.82, 2.24) is 9.88 Å². The molecule has 0 aliphatic heterocycles. The maximum absolute atomic E-state index is 11.6. The maximum Gasteiger partial charge on any atom is 0.408 e. The fourth-order valence-corrected chi connectivity index (χ4v) is 2.18. The molecule has 0 fully saturated rings. The summed E-state index contributed by atoms with van der Waals surface area (Å²) in [5, 5.41) is 10.0. The van der Waals surface area contributed by atoms with Gasteiger partial charge in [-0.05, 0) is 39.3 Å². The number of pyridine rings is 1. The smallest absolute Gasteiger partial charge is 0.408 e. The van der Waals surface area contributed by atoms with Crippen LogP contribution in [0.2, 0.25) is 5.02 Å². The van der Waals surface area contributed by atoms with Gasteiger partial charge in [0.05, 0.1) is 11.7 Å². The monoisotopic (exact) mass is 282 g/mol. The van der Waals surface area contributed by atoms with Crippen LogP contribution >= 0.6 is 11.6 Å². The molecular weight excluding hydrogens is 264 g/mol. The van der Waals surface area contributed by atoms with Crippen molar-refractivity contribution < 1.29 is 9.90 Å². The topological polar surface area (TPSA) is 53.4 Å². The molecule has 5 heteroatoms. The molecule has 1 rings (SSSR count). The van der Waals surface area contributed by atoms with Crippen molar-refractivity contribution in [2.45, 2.75) is 38.8 Å². The summed E-state index contributed by atoms with van der Waals surface area (Å²) in [7, 11) is 0. The first-order chi connectivity index (χ1) is 8.77. The number of hydrogen-bond acceptors (Lipinski definition) is 2. The standard InChI is InChI=1S/C14H19ClN2O2/c1-5-6-12(11-9-10(15)7-8-16-11)17(13(18)19)14(2,3)4/h5,7-9,12H,1,6H2,2-4H3,(H,18,19). The lowest BCUT2D eigenvalue weighted by molar-refractivity contribution is 0.0691. The van der Waals surface area contributed by atoms with Gasteiger partial charge in [0, 0.05) is 16.8 Å². The molecule has 0 aliphatic carbocycles. The molecule has 1 unspecified atom stereocenters. The van der Waals surface area contributed by atoms with E-state index in [4.69, 9.17) is 11.6 Å². The zero-order valence-corrected chi connectivity index (χ0v) is 12.2. The number of carbonyl (C=O) groups is 1. The van der Waals surface area contributed by atoms with E-state index in [1.165, 1.54) is 4.90 Å². The number of hydrogen-bond donors (Lipinski definition) is 1. The largest absolute Gasteiger partial charge is 0.465 e. The van der Waals surface area contributed by atoms with E-state index in [9.17, 15) is 9.90 Å². The minimum Gasteiger partial charge on any atom is -0.465 e. The van der Waals surface area contributed by atoms with E-state index in [-0.39, 0.29) is 0 Å². The summed E-state index contributed by atoms with van der Waals surface area (Å²) in [6.07, 6.45) is 2.77. The third-order valence-electron chi connectivity index (χ3n) is 2.71. The van der Waals surface area contributed by atoms with Gasteiger partial charge in [-0.25, -0.2) is 4.79 Å². The van der Waals surface area contributed by atoms with Gasteiger partial charge >= 0.3 is 6.09 Å². The number of amides is 1. The highest BCUT2D eigenvalue weighted by Crippen LogP contribution is 2.31. The van der Waals surface area contributed by atoms with E-state index in [2.05, 4.69) is 11.6 Å². The Morgan fingerprint density at radius 1 is 1.63 bits per heavy atom. The minimum atomic E-state index is -0.985. The van der Waals surface area contributed by atoms with Crippen LogP contribution in [0.1, 0.15) is 38.9 Å². The lowest BCUT2D eigenvalue weighted by Gasteiger charge is -2.39. The Labute approximate surface area is 118 Å². The minimum absolute atomic E-state index is 0.395. The van der Waals surface area contributed by atoms with Gasteiger partial charge in [0.2, 0.25) is 0 Å². The van der Waals surface area contributed by atoms with Crippen LogP contribution in [0.25, 0.3) is 0 Å². The Morgan fingerprint density at radius 2 is 2.26 bits per heavy atom. The number of halogens is 1. The van der Waals surface area contributed by atoms with Crippen LogP contribution in [-0.2, 0) is 0 Å². The lowest BCUT2D eigenvalue weighted by atomic mass is 9.99. The first-order valence-electron chi connectivity index (χ1n) is 6.02. The molecule has 0 spiro atoms. The Morgan fingerprint density at radius 3 is 2.68 bits per heavy atom. The molecule has 0 bridgehead atoms. The van der Waals surface area contributed by atoms with Crippen LogP contribution in [0.3, 0.4) is 0 Å². The summed E-state index contributed by atoms with van der Waals surface area (Å²) >= 11 is 5.96. The van der Waals surface area contributed by atoms with E-state index in [0.29, 0.717) is 17.1 Å². The average Bonchev–Trinajstić information content (AvgIpc) is 2.26. The summed E-state index contributed by atoms with van der Waals surface area (Å²) in [4.78, 5) is 17.2. The number of nitrogens with zero attached hydrogens (tertiary/aromatic N) is 2. The molecule has 0 aromatic carbocycles. The van der Waals surface area contributed by atoms with Gasteiger partial charge in [-0.15, -0.1) is 6.58 Å². The second-order valence-electron chi connectivity index (χ2n) is 5.26. The fraction of sp³-hybridized carbons (Fsp3) is 0.429. The summed E-state index contributed by atoms with van der Waals surface area (Å²) in [6, 6.07) is 2.96. The van der Waals surface area contributed by atoms with Gasteiger partial charge in [0.25, 0.3) is 0 Å². The molecule has 0 radical (unpaired) electrons. The molecule has 0 saturated heterocycles. The van der Waals surface area contributed by atoms with Crippen LogP contribution in [0, 0.1) is 0 Å². The second kappa shape index (κ2) is 6.06. The SMILES string of the molecule is C=CCC(c1cc(Cl)ccn1)N(C(=O)O)C(C)(C)C. The molecule has 1 aromatic rings. The molecule has 4 nitrogen and oxygen atoms in total. The van der Waals surface area contributed by atoms with Crippen molar-refractivity contribution in [3.8, 4) is 0 Å². The molecule has 0 aliphatic rings. The van der Waals surface area contributed by atoms with Crippen LogP contribution in [-0.4, -0.2) is 26.6 Å². The number of carboxylic acid groups (broad SMARTS) is 1. The highest BCUT2D eigenvalue weighted by atomic mass is 35.5. The Hall–Kier alpha value is -1.55. The van der Waals surface area contributed by atoms with Crippen molar-refractivity contribution in [2.75, 3.05) is 0 Å². The molecule has 1 atom stereocenters. The molecule has 1 amide bonds. The van der Waals surface area contributed by atoms with Gasteiger partial charge in [-0.1, -0.05) is 17.7 Å². The summed E-state index contributed by atoms with van der Waals surface area (Å²) in [5.74, 6) is 0. The van der Waals surface area contributed by atoms with Crippen LogP contribution in [0.5, 0.6) is 0 Å². The molecule has 0 saturated carbocycles. The Bertz CT molecular complexity index is 469. The van der Waals surface area contributed by atoms with Crippen molar-refractivity contribution in [2.24, 2.45) is 0 Å². The first kappa shape index (κ1) is 15.5. The highest BCUT2D eigenvalue weighted by Gasteiger charge is 2.34. The van der Waals surface area contributed by atoms with Crippen LogP contribution in [0.15, 0.2) is 31.0 Å². The first-order valence-corrected chi connectivity index (χ1v) is 6.39. The molecule has 1 aromatic heterocycles. The van der Waals surface area contributed by atoms with Crippen LogP contribution in [0.4, 0.5) is 4.79 Å². The Kier molecular flexibility index (Phi) is 4.95. The highest BCUT2D eigenvalue weighted by molar-refractivity contribution is 6.30. The van der Waals surface area contributed by atoms with E-state index >= 15 is 0 Å². The van der Waals surface area contributed by atoms with E-state index in [1.54, 1.807) is 24.4 Å². The maximum atomic E-state index is 11.6. The summed E-state index contributed by atoms with van der Waals surface area (Å²) < 4.78 is 0. The van der Waals surface area contributed by atoms with Gasteiger partial charge in [0.15, 0.2) is 0 Å². The van der Waals surface area contributed by atoms with Crippen molar-refractivity contribution in [3.05, 3.63) is 41.7 Å². The van der Waals surface area contributed by atoms with Gasteiger partial charge in [0.1, 0.15) is 0 Å². The zero-order valence-electron chi connectivity index (χ0n) is 11.4.